The highest BCUT2D eigenvalue weighted by atomic mass is 16.6. The van der Waals surface area contributed by atoms with Crippen molar-refractivity contribution in [3.63, 3.8) is 0 Å². The van der Waals surface area contributed by atoms with Crippen LogP contribution >= 0.6 is 0 Å². The van der Waals surface area contributed by atoms with Gasteiger partial charge < -0.3 is 5.32 Å². The van der Waals surface area contributed by atoms with Gasteiger partial charge in [-0.05, 0) is 20.8 Å². The molecule has 0 saturated heterocycles. The van der Waals surface area contributed by atoms with Crippen molar-refractivity contribution in [2.24, 2.45) is 7.05 Å². The van der Waals surface area contributed by atoms with Crippen LogP contribution in [0.15, 0.2) is 6.20 Å². The molecule has 0 unspecified atom stereocenters. The fourth-order valence-electron chi connectivity index (χ4n) is 2.17. The van der Waals surface area contributed by atoms with Crippen LogP contribution < -0.4 is 5.32 Å². The van der Waals surface area contributed by atoms with E-state index < -0.39 is 4.92 Å². The summed E-state index contributed by atoms with van der Waals surface area (Å²) in [5, 5.41) is 21.8. The van der Waals surface area contributed by atoms with Gasteiger partial charge in [-0.2, -0.15) is 10.2 Å². The molecule has 0 radical (unpaired) electrons. The summed E-state index contributed by atoms with van der Waals surface area (Å²) in [6.45, 7) is 5.54. The van der Waals surface area contributed by atoms with Crippen LogP contribution in [-0.2, 0) is 18.4 Å². The Morgan fingerprint density at radius 3 is 2.50 bits per heavy atom. The number of rotatable bonds is 5. The molecule has 9 heteroatoms. The maximum Gasteiger partial charge on any atom is 0.309 e. The number of aromatic nitrogens is 4. The Morgan fingerprint density at radius 2 is 2.00 bits per heavy atom. The van der Waals surface area contributed by atoms with Crippen molar-refractivity contribution < 1.29 is 9.72 Å². The quantitative estimate of drug-likeness (QED) is 0.665. The van der Waals surface area contributed by atoms with Crippen molar-refractivity contribution in [3.8, 4) is 0 Å². The van der Waals surface area contributed by atoms with E-state index in [0.29, 0.717) is 11.4 Å². The highest BCUT2D eigenvalue weighted by molar-refractivity contribution is 5.91. The van der Waals surface area contributed by atoms with Gasteiger partial charge in [0.15, 0.2) is 0 Å². The summed E-state index contributed by atoms with van der Waals surface area (Å²) in [5.41, 5.74) is 2.62. The van der Waals surface area contributed by atoms with Crippen LogP contribution in [0.4, 0.5) is 11.4 Å². The minimum absolute atomic E-state index is 0.0423. The van der Waals surface area contributed by atoms with E-state index >= 15 is 0 Å². The summed E-state index contributed by atoms with van der Waals surface area (Å²) in [6.07, 6.45) is 1.51. The van der Waals surface area contributed by atoms with Gasteiger partial charge in [0.25, 0.3) is 0 Å². The second-order valence-electron chi connectivity index (χ2n) is 5.09. The van der Waals surface area contributed by atoms with Gasteiger partial charge in [0.2, 0.25) is 5.91 Å². The van der Waals surface area contributed by atoms with Crippen LogP contribution in [0.3, 0.4) is 0 Å². The highest BCUT2D eigenvalue weighted by Gasteiger charge is 2.16. The highest BCUT2D eigenvalue weighted by Crippen LogP contribution is 2.19. The maximum atomic E-state index is 12.0. The zero-order valence-electron chi connectivity index (χ0n) is 13.0. The second kappa shape index (κ2) is 5.96. The lowest BCUT2D eigenvalue weighted by Gasteiger charge is -2.05. The van der Waals surface area contributed by atoms with Crippen LogP contribution in [0.2, 0.25) is 0 Å². The van der Waals surface area contributed by atoms with Gasteiger partial charge in [-0.1, -0.05) is 0 Å². The van der Waals surface area contributed by atoms with Crippen molar-refractivity contribution in [2.75, 3.05) is 5.32 Å². The first kappa shape index (κ1) is 15.7. The molecule has 0 aliphatic rings. The first-order valence-electron chi connectivity index (χ1n) is 6.78. The van der Waals surface area contributed by atoms with Crippen LogP contribution in [0.5, 0.6) is 0 Å². The van der Waals surface area contributed by atoms with E-state index in [0.717, 1.165) is 11.4 Å². The smallest absolute Gasteiger partial charge is 0.309 e. The number of nitrogens with zero attached hydrogens (tertiary/aromatic N) is 5. The van der Waals surface area contributed by atoms with Crippen molar-refractivity contribution in [3.05, 3.63) is 33.4 Å². The lowest BCUT2D eigenvalue weighted by atomic mass is 10.3. The van der Waals surface area contributed by atoms with E-state index in [4.69, 9.17) is 0 Å². The van der Waals surface area contributed by atoms with Crippen LogP contribution in [-0.4, -0.2) is 30.4 Å². The number of nitrogens with one attached hydrogen (secondary N) is 1. The normalized spacial score (nSPS) is 10.7. The van der Waals surface area contributed by atoms with Crippen molar-refractivity contribution >= 4 is 17.3 Å². The van der Waals surface area contributed by atoms with E-state index in [1.807, 2.05) is 20.9 Å². The molecule has 2 heterocycles. The van der Waals surface area contributed by atoms with Gasteiger partial charge in [0.1, 0.15) is 11.9 Å². The molecule has 1 amide bonds. The van der Waals surface area contributed by atoms with Crippen molar-refractivity contribution in [2.45, 2.75) is 33.7 Å². The average Bonchev–Trinajstić information content (AvgIpc) is 2.92. The molecule has 0 saturated carbocycles. The summed E-state index contributed by atoms with van der Waals surface area (Å²) in [6, 6.07) is 0. The number of carbonyl (C=O) groups excluding carboxylic acids is 1. The summed E-state index contributed by atoms with van der Waals surface area (Å²) in [4.78, 5) is 22.3. The van der Waals surface area contributed by atoms with Crippen LogP contribution in [0, 0.1) is 30.9 Å². The second-order valence-corrected chi connectivity index (χ2v) is 5.09. The largest absolute Gasteiger partial charge is 0.323 e. The molecule has 0 bridgehead atoms. The van der Waals surface area contributed by atoms with Gasteiger partial charge in [-0.25, -0.2) is 0 Å². The molecule has 0 aliphatic heterocycles. The van der Waals surface area contributed by atoms with Crippen LogP contribution in [0.25, 0.3) is 0 Å². The minimum atomic E-state index is -0.485. The first-order chi connectivity index (χ1) is 10.3. The zero-order valence-corrected chi connectivity index (χ0v) is 13.0. The first-order valence-corrected chi connectivity index (χ1v) is 6.78. The van der Waals surface area contributed by atoms with E-state index in [9.17, 15) is 14.9 Å². The van der Waals surface area contributed by atoms with Crippen molar-refractivity contribution in [1.82, 2.24) is 19.6 Å². The fraction of sp³-hybridized carbons (Fsp3) is 0.462. The molecule has 0 aromatic carbocycles. The third kappa shape index (κ3) is 3.13. The number of nitro groups is 1. The third-order valence-electron chi connectivity index (χ3n) is 3.46. The lowest BCUT2D eigenvalue weighted by Crippen LogP contribution is -2.15. The molecule has 22 heavy (non-hydrogen) atoms. The summed E-state index contributed by atoms with van der Waals surface area (Å²) in [5.74, 6) is -0.185. The van der Waals surface area contributed by atoms with Crippen molar-refractivity contribution in [1.29, 1.82) is 0 Å². The third-order valence-corrected chi connectivity index (χ3v) is 3.46. The zero-order chi connectivity index (χ0) is 16.4. The Bertz CT molecular complexity index is 730. The number of hydrogen-bond donors (Lipinski definition) is 1. The maximum absolute atomic E-state index is 12.0. The topological polar surface area (TPSA) is 108 Å². The van der Waals surface area contributed by atoms with E-state index in [1.165, 1.54) is 10.9 Å². The molecule has 1 N–H and O–H groups in total. The van der Waals surface area contributed by atoms with E-state index in [2.05, 4.69) is 15.5 Å². The molecule has 9 nitrogen and oxygen atoms in total. The Hall–Kier alpha value is -2.71. The van der Waals surface area contributed by atoms with Gasteiger partial charge in [-0.15, -0.1) is 0 Å². The molecule has 0 atom stereocenters. The van der Waals surface area contributed by atoms with E-state index in [1.54, 1.807) is 11.6 Å². The molecule has 2 aromatic rings. The SMILES string of the molecule is Cc1nn(CCC(=O)Nc2c(C)nn(C)c2C)cc1[N+](=O)[O-]. The van der Waals surface area contributed by atoms with Gasteiger partial charge >= 0.3 is 5.69 Å². The van der Waals surface area contributed by atoms with E-state index in [-0.39, 0.29) is 24.6 Å². The molecule has 0 spiro atoms. The summed E-state index contributed by atoms with van der Waals surface area (Å²) >= 11 is 0. The Balaban J connectivity index is 1.98. The molecule has 0 fully saturated rings. The monoisotopic (exact) mass is 306 g/mol. The predicted octanol–water partition coefficient (Wildman–Crippen LogP) is 1.48. The number of hydrogen-bond acceptors (Lipinski definition) is 5. The summed E-state index contributed by atoms with van der Waals surface area (Å²) in [7, 11) is 1.81. The van der Waals surface area contributed by atoms with Gasteiger partial charge in [0.05, 0.1) is 22.0 Å². The Morgan fingerprint density at radius 1 is 1.32 bits per heavy atom. The molecule has 2 rings (SSSR count). The number of carbonyl (C=O) groups is 1. The van der Waals surface area contributed by atoms with Gasteiger partial charge in [-0.3, -0.25) is 24.3 Å². The number of aryl methyl sites for hydroxylation is 4. The summed E-state index contributed by atoms with van der Waals surface area (Å²) < 4.78 is 3.11. The molecular formula is C13H18N6O3. The number of amides is 1. The number of anilines is 1. The standard InChI is InChI=1S/C13H18N6O3/c1-8-11(19(21)22)7-18(16-8)6-5-12(20)14-13-9(2)15-17(4)10(13)3/h7H,5-6H2,1-4H3,(H,14,20). The fourth-order valence-corrected chi connectivity index (χ4v) is 2.17. The minimum Gasteiger partial charge on any atom is -0.323 e. The Labute approximate surface area is 127 Å². The predicted molar refractivity (Wildman–Crippen MR) is 79.5 cm³/mol. The lowest BCUT2D eigenvalue weighted by molar-refractivity contribution is -0.385. The Kier molecular flexibility index (Phi) is 4.25. The van der Waals surface area contributed by atoms with Gasteiger partial charge in [0, 0.05) is 20.0 Å². The average molecular weight is 306 g/mol. The van der Waals surface area contributed by atoms with Crippen LogP contribution in [0.1, 0.15) is 23.5 Å². The molecular weight excluding hydrogens is 288 g/mol. The molecule has 0 aliphatic carbocycles. The molecule has 118 valence electrons. The molecule has 2 aromatic heterocycles.